The molecular formula is C16H19N3O3. The van der Waals surface area contributed by atoms with Crippen molar-refractivity contribution in [3.63, 3.8) is 0 Å². The van der Waals surface area contributed by atoms with Crippen molar-refractivity contribution < 1.29 is 14.3 Å². The normalized spacial score (nSPS) is 16.9. The summed E-state index contributed by atoms with van der Waals surface area (Å²) in [4.78, 5) is 16.4. The lowest BCUT2D eigenvalue weighted by molar-refractivity contribution is -0.143. The van der Waals surface area contributed by atoms with Crippen LogP contribution in [-0.2, 0) is 22.5 Å². The van der Waals surface area contributed by atoms with Gasteiger partial charge in [0.15, 0.2) is 5.82 Å². The van der Waals surface area contributed by atoms with E-state index in [2.05, 4.69) is 10.1 Å². The van der Waals surface area contributed by atoms with Gasteiger partial charge < -0.3 is 9.47 Å². The minimum Gasteiger partial charge on any atom is -0.497 e. The molecule has 0 amide bonds. The molecule has 0 saturated heterocycles. The highest BCUT2D eigenvalue weighted by molar-refractivity contribution is 5.77. The first-order chi connectivity index (χ1) is 10.7. The Bertz CT molecular complexity index is 664. The standard InChI is InChI=1S/C16H19N3O3/c1-21-12-7-5-11(6-8-12)10-14-17-15-13(16(20)22-2)4-3-9-19(15)18-14/h5-8,13H,3-4,9-10H2,1-2H3. The molecule has 0 radical (unpaired) electrons. The number of nitrogens with zero attached hydrogens (tertiary/aromatic N) is 3. The molecule has 3 rings (SSSR count). The molecule has 2 aromatic rings. The van der Waals surface area contributed by atoms with Gasteiger partial charge in [-0.05, 0) is 30.5 Å². The average Bonchev–Trinajstić information content (AvgIpc) is 2.97. The predicted octanol–water partition coefficient (Wildman–Crippen LogP) is 1.93. The molecule has 6 nitrogen and oxygen atoms in total. The molecule has 116 valence electrons. The predicted molar refractivity (Wildman–Crippen MR) is 79.8 cm³/mol. The summed E-state index contributed by atoms with van der Waals surface area (Å²) in [6.45, 7) is 0.804. The number of esters is 1. The Balaban J connectivity index is 1.81. The van der Waals surface area contributed by atoms with Gasteiger partial charge in [-0.15, -0.1) is 0 Å². The molecule has 6 heteroatoms. The molecule has 1 unspecified atom stereocenters. The number of benzene rings is 1. The summed E-state index contributed by atoms with van der Waals surface area (Å²) in [7, 11) is 3.06. The summed E-state index contributed by atoms with van der Waals surface area (Å²) >= 11 is 0. The minimum atomic E-state index is -0.295. The van der Waals surface area contributed by atoms with Gasteiger partial charge in [0.25, 0.3) is 0 Å². The van der Waals surface area contributed by atoms with Crippen molar-refractivity contribution in [3.8, 4) is 5.75 Å². The summed E-state index contributed by atoms with van der Waals surface area (Å²) in [5, 5.41) is 4.52. The van der Waals surface area contributed by atoms with Crippen LogP contribution in [0.5, 0.6) is 5.75 Å². The van der Waals surface area contributed by atoms with Crippen LogP contribution in [-0.4, -0.2) is 35.0 Å². The van der Waals surface area contributed by atoms with Gasteiger partial charge >= 0.3 is 5.97 Å². The highest BCUT2D eigenvalue weighted by Gasteiger charge is 2.30. The molecule has 1 aromatic carbocycles. The van der Waals surface area contributed by atoms with Gasteiger partial charge in [-0.3, -0.25) is 4.79 Å². The zero-order valence-electron chi connectivity index (χ0n) is 12.8. The fourth-order valence-corrected chi connectivity index (χ4v) is 2.77. The summed E-state index contributed by atoms with van der Waals surface area (Å²) < 4.78 is 11.9. The van der Waals surface area contributed by atoms with Gasteiger partial charge in [0.1, 0.15) is 17.5 Å². The number of carbonyl (C=O) groups excluding carboxylic acids is 1. The molecular weight excluding hydrogens is 282 g/mol. The van der Waals surface area contributed by atoms with E-state index in [1.165, 1.54) is 7.11 Å². The van der Waals surface area contributed by atoms with Crippen LogP contribution < -0.4 is 4.74 Å². The smallest absolute Gasteiger partial charge is 0.316 e. The summed E-state index contributed by atoms with van der Waals surface area (Å²) in [6, 6.07) is 7.83. The van der Waals surface area contributed by atoms with E-state index in [-0.39, 0.29) is 11.9 Å². The van der Waals surface area contributed by atoms with Gasteiger partial charge in [0, 0.05) is 13.0 Å². The molecule has 0 bridgehead atoms. The maximum absolute atomic E-state index is 11.9. The van der Waals surface area contributed by atoms with Gasteiger partial charge in [-0.2, -0.15) is 5.10 Å². The lowest BCUT2D eigenvalue weighted by Crippen LogP contribution is -2.24. The van der Waals surface area contributed by atoms with E-state index >= 15 is 0 Å². The Labute approximate surface area is 129 Å². The van der Waals surface area contributed by atoms with Gasteiger partial charge in [0.2, 0.25) is 0 Å². The third kappa shape index (κ3) is 2.81. The van der Waals surface area contributed by atoms with E-state index in [0.717, 1.165) is 42.3 Å². The number of hydrogen-bond donors (Lipinski definition) is 0. The van der Waals surface area contributed by atoms with Crippen LogP contribution in [0, 0.1) is 0 Å². The monoisotopic (exact) mass is 301 g/mol. The van der Waals surface area contributed by atoms with Gasteiger partial charge in [-0.1, -0.05) is 12.1 Å². The summed E-state index contributed by atoms with van der Waals surface area (Å²) in [5.74, 6) is 1.75. The molecule has 1 aromatic heterocycles. The SMILES string of the molecule is COC(=O)C1CCCn2nc(Cc3ccc(OC)cc3)nc21. The zero-order chi connectivity index (χ0) is 15.5. The third-order valence-electron chi connectivity index (χ3n) is 3.93. The number of carbonyl (C=O) groups is 1. The first kappa shape index (κ1) is 14.6. The van der Waals surface area contributed by atoms with Crippen molar-refractivity contribution in [2.24, 2.45) is 0 Å². The zero-order valence-corrected chi connectivity index (χ0v) is 12.8. The molecule has 1 aliphatic heterocycles. The minimum absolute atomic E-state index is 0.232. The maximum atomic E-state index is 11.9. The van der Waals surface area contributed by atoms with Crippen molar-refractivity contribution in [1.29, 1.82) is 0 Å². The number of methoxy groups -OCH3 is 2. The molecule has 0 fully saturated rings. The van der Waals surface area contributed by atoms with Gasteiger partial charge in [0.05, 0.1) is 14.2 Å². The van der Waals surface area contributed by atoms with E-state index in [0.29, 0.717) is 6.42 Å². The number of aryl methyl sites for hydroxylation is 1. The summed E-state index contributed by atoms with van der Waals surface area (Å²) in [6.07, 6.45) is 2.32. The quantitative estimate of drug-likeness (QED) is 0.807. The Morgan fingerprint density at radius 2 is 2.09 bits per heavy atom. The van der Waals surface area contributed by atoms with E-state index < -0.39 is 0 Å². The number of aromatic nitrogens is 3. The Morgan fingerprint density at radius 3 is 2.77 bits per heavy atom. The van der Waals surface area contributed by atoms with E-state index in [1.807, 2.05) is 28.9 Å². The highest BCUT2D eigenvalue weighted by Crippen LogP contribution is 2.27. The highest BCUT2D eigenvalue weighted by atomic mass is 16.5. The second-order valence-electron chi connectivity index (χ2n) is 5.35. The largest absolute Gasteiger partial charge is 0.497 e. The van der Waals surface area contributed by atoms with Crippen LogP contribution in [0.1, 0.15) is 36.0 Å². The van der Waals surface area contributed by atoms with Crippen LogP contribution in [0.4, 0.5) is 0 Å². The van der Waals surface area contributed by atoms with E-state index in [4.69, 9.17) is 9.47 Å². The Kier molecular flexibility index (Phi) is 4.09. The van der Waals surface area contributed by atoms with Crippen LogP contribution in [0.3, 0.4) is 0 Å². The lowest BCUT2D eigenvalue weighted by atomic mass is 9.99. The van der Waals surface area contributed by atoms with Crippen molar-refractivity contribution in [2.75, 3.05) is 14.2 Å². The van der Waals surface area contributed by atoms with Gasteiger partial charge in [-0.25, -0.2) is 9.67 Å². The Morgan fingerprint density at radius 1 is 1.32 bits per heavy atom. The second kappa shape index (κ2) is 6.17. The topological polar surface area (TPSA) is 66.2 Å². The van der Waals surface area contributed by atoms with Crippen molar-refractivity contribution in [2.45, 2.75) is 31.7 Å². The Hall–Kier alpha value is -2.37. The molecule has 22 heavy (non-hydrogen) atoms. The number of ether oxygens (including phenoxy) is 2. The number of fused-ring (bicyclic) bond motifs is 1. The van der Waals surface area contributed by atoms with Crippen LogP contribution in [0.25, 0.3) is 0 Å². The van der Waals surface area contributed by atoms with Crippen molar-refractivity contribution >= 4 is 5.97 Å². The summed E-state index contributed by atoms with van der Waals surface area (Å²) in [5.41, 5.74) is 1.11. The fourth-order valence-electron chi connectivity index (χ4n) is 2.77. The molecule has 1 aliphatic rings. The fraction of sp³-hybridized carbons (Fsp3) is 0.438. The molecule has 0 N–H and O–H groups in total. The number of rotatable bonds is 4. The molecule has 0 spiro atoms. The molecule has 0 aliphatic carbocycles. The second-order valence-corrected chi connectivity index (χ2v) is 5.35. The van der Waals surface area contributed by atoms with E-state index in [1.54, 1.807) is 7.11 Å². The third-order valence-corrected chi connectivity index (χ3v) is 3.93. The molecule has 2 heterocycles. The maximum Gasteiger partial charge on any atom is 0.316 e. The first-order valence-corrected chi connectivity index (χ1v) is 7.35. The van der Waals surface area contributed by atoms with Crippen molar-refractivity contribution in [1.82, 2.24) is 14.8 Å². The first-order valence-electron chi connectivity index (χ1n) is 7.35. The molecule has 1 atom stereocenters. The number of hydrogen-bond acceptors (Lipinski definition) is 5. The molecule has 0 saturated carbocycles. The van der Waals surface area contributed by atoms with Crippen molar-refractivity contribution in [3.05, 3.63) is 41.5 Å². The average molecular weight is 301 g/mol. The van der Waals surface area contributed by atoms with E-state index in [9.17, 15) is 4.79 Å². The van der Waals surface area contributed by atoms with Crippen LogP contribution >= 0.6 is 0 Å². The lowest BCUT2D eigenvalue weighted by Gasteiger charge is -2.19. The van der Waals surface area contributed by atoms with Crippen LogP contribution in [0.2, 0.25) is 0 Å². The van der Waals surface area contributed by atoms with Crippen LogP contribution in [0.15, 0.2) is 24.3 Å².